The van der Waals surface area contributed by atoms with Crippen LogP contribution in [0.3, 0.4) is 0 Å². The highest BCUT2D eigenvalue weighted by Gasteiger charge is 2.34. The molecule has 26 heavy (non-hydrogen) atoms. The van der Waals surface area contributed by atoms with Crippen molar-refractivity contribution in [3.63, 3.8) is 0 Å². The van der Waals surface area contributed by atoms with Gasteiger partial charge in [0.15, 0.2) is 11.6 Å². The van der Waals surface area contributed by atoms with Crippen LogP contribution in [0, 0.1) is 17.5 Å². The van der Waals surface area contributed by atoms with Crippen LogP contribution in [0.15, 0.2) is 66.7 Å². The molecule has 0 heterocycles. The normalized spacial score (nSPS) is 11.5. The number of anilines is 3. The molecule has 1 nitrogen and oxygen atoms in total. The standard InChI is InChI=1S/C19H11F6N/c20-16-8-6-13(10-15(16)19(23,24)25)26(12-4-2-1-3-5-12)14-7-9-17(21)18(22)11-14/h1-11H. The lowest BCUT2D eigenvalue weighted by Gasteiger charge is -2.26. The molecule has 0 bridgehead atoms. The van der Waals surface area contributed by atoms with Gasteiger partial charge in [-0.15, -0.1) is 0 Å². The molecule has 0 amide bonds. The van der Waals surface area contributed by atoms with Gasteiger partial charge in [-0.25, -0.2) is 13.2 Å². The van der Waals surface area contributed by atoms with Crippen molar-refractivity contribution in [2.24, 2.45) is 0 Å². The maximum atomic E-state index is 13.7. The van der Waals surface area contributed by atoms with E-state index in [4.69, 9.17) is 0 Å². The first-order valence-corrected chi connectivity index (χ1v) is 7.44. The fourth-order valence-electron chi connectivity index (χ4n) is 2.52. The van der Waals surface area contributed by atoms with E-state index in [1.54, 1.807) is 30.3 Å². The molecule has 0 spiro atoms. The van der Waals surface area contributed by atoms with Crippen LogP contribution in [0.5, 0.6) is 0 Å². The highest BCUT2D eigenvalue weighted by molar-refractivity contribution is 5.76. The Morgan fingerprint density at radius 1 is 0.577 bits per heavy atom. The van der Waals surface area contributed by atoms with Crippen molar-refractivity contribution < 1.29 is 26.3 Å². The van der Waals surface area contributed by atoms with Gasteiger partial charge in [0.2, 0.25) is 0 Å². The Labute approximate surface area is 145 Å². The molecule has 3 rings (SSSR count). The van der Waals surface area contributed by atoms with Gasteiger partial charge in [0.25, 0.3) is 0 Å². The van der Waals surface area contributed by atoms with Crippen molar-refractivity contribution >= 4 is 17.1 Å². The van der Waals surface area contributed by atoms with Crippen LogP contribution in [0.25, 0.3) is 0 Å². The Morgan fingerprint density at radius 2 is 1.15 bits per heavy atom. The lowest BCUT2D eigenvalue weighted by atomic mass is 10.1. The number of para-hydroxylation sites is 1. The highest BCUT2D eigenvalue weighted by atomic mass is 19.4. The van der Waals surface area contributed by atoms with Gasteiger partial charge in [0.1, 0.15) is 5.82 Å². The van der Waals surface area contributed by atoms with Gasteiger partial charge in [0, 0.05) is 23.1 Å². The van der Waals surface area contributed by atoms with E-state index in [2.05, 4.69) is 0 Å². The maximum Gasteiger partial charge on any atom is 0.419 e. The second-order valence-electron chi connectivity index (χ2n) is 5.43. The monoisotopic (exact) mass is 367 g/mol. The zero-order valence-electron chi connectivity index (χ0n) is 13.1. The average Bonchev–Trinajstić information content (AvgIpc) is 2.59. The summed E-state index contributed by atoms with van der Waals surface area (Å²) in [5.74, 6) is -3.65. The van der Waals surface area contributed by atoms with Gasteiger partial charge < -0.3 is 4.90 Å². The first-order valence-electron chi connectivity index (χ1n) is 7.44. The quantitative estimate of drug-likeness (QED) is 0.472. The SMILES string of the molecule is Fc1ccc(N(c2ccccc2)c2ccc(F)c(C(F)(F)F)c2)cc1F. The molecule has 0 unspecified atom stereocenters. The smallest absolute Gasteiger partial charge is 0.310 e. The summed E-state index contributed by atoms with van der Waals surface area (Å²) in [6, 6.07) is 13.5. The van der Waals surface area contributed by atoms with Crippen LogP contribution >= 0.6 is 0 Å². The summed E-state index contributed by atoms with van der Waals surface area (Å²) in [6.45, 7) is 0. The Kier molecular flexibility index (Phi) is 4.63. The van der Waals surface area contributed by atoms with E-state index in [1.807, 2.05) is 0 Å². The summed E-state index contributed by atoms with van der Waals surface area (Å²) in [7, 11) is 0. The molecule has 3 aromatic carbocycles. The van der Waals surface area contributed by atoms with Crippen LogP contribution in [0.2, 0.25) is 0 Å². The molecule has 0 N–H and O–H groups in total. The Morgan fingerprint density at radius 3 is 1.73 bits per heavy atom. The van der Waals surface area contributed by atoms with Crippen LogP contribution in [-0.2, 0) is 6.18 Å². The van der Waals surface area contributed by atoms with Crippen molar-refractivity contribution in [1.82, 2.24) is 0 Å². The van der Waals surface area contributed by atoms with E-state index in [0.29, 0.717) is 17.8 Å². The average molecular weight is 367 g/mol. The molecular weight excluding hydrogens is 356 g/mol. The van der Waals surface area contributed by atoms with Gasteiger partial charge in [-0.2, -0.15) is 13.2 Å². The number of rotatable bonds is 3. The van der Waals surface area contributed by atoms with Crippen molar-refractivity contribution in [2.45, 2.75) is 6.18 Å². The van der Waals surface area contributed by atoms with Gasteiger partial charge >= 0.3 is 6.18 Å². The van der Waals surface area contributed by atoms with Crippen LogP contribution in [0.4, 0.5) is 43.4 Å². The third-order valence-corrected chi connectivity index (χ3v) is 3.69. The van der Waals surface area contributed by atoms with Gasteiger partial charge in [-0.1, -0.05) is 18.2 Å². The van der Waals surface area contributed by atoms with Crippen molar-refractivity contribution in [1.29, 1.82) is 0 Å². The zero-order valence-corrected chi connectivity index (χ0v) is 13.1. The lowest BCUT2D eigenvalue weighted by molar-refractivity contribution is -0.139. The van der Waals surface area contributed by atoms with E-state index in [1.165, 1.54) is 11.0 Å². The van der Waals surface area contributed by atoms with E-state index < -0.39 is 29.2 Å². The molecule has 0 atom stereocenters. The zero-order chi connectivity index (χ0) is 18.9. The molecule has 0 aliphatic rings. The molecule has 0 aliphatic heterocycles. The molecule has 0 aromatic heterocycles. The van der Waals surface area contributed by atoms with E-state index in [9.17, 15) is 26.3 Å². The summed E-state index contributed by atoms with van der Waals surface area (Å²) in [4.78, 5) is 1.27. The highest BCUT2D eigenvalue weighted by Crippen LogP contribution is 2.39. The van der Waals surface area contributed by atoms with Gasteiger partial charge in [-0.05, 0) is 42.5 Å². The Balaban J connectivity index is 2.20. The number of benzene rings is 3. The fraction of sp³-hybridized carbons (Fsp3) is 0.0526. The van der Waals surface area contributed by atoms with Gasteiger partial charge in [0.05, 0.1) is 5.56 Å². The fourth-order valence-corrected chi connectivity index (χ4v) is 2.52. The molecule has 7 heteroatoms. The van der Waals surface area contributed by atoms with E-state index >= 15 is 0 Å². The summed E-state index contributed by atoms with van der Waals surface area (Å²) in [6.07, 6.45) is -4.89. The molecule has 0 radical (unpaired) electrons. The molecule has 0 aliphatic carbocycles. The molecule has 0 fully saturated rings. The number of hydrogen-bond donors (Lipinski definition) is 0. The lowest BCUT2D eigenvalue weighted by Crippen LogP contribution is -2.14. The Hall–Kier alpha value is -2.96. The molecule has 3 aromatic rings. The third-order valence-electron chi connectivity index (χ3n) is 3.69. The van der Waals surface area contributed by atoms with Crippen molar-refractivity contribution in [3.05, 3.63) is 89.7 Å². The second-order valence-corrected chi connectivity index (χ2v) is 5.43. The second kappa shape index (κ2) is 6.74. The minimum atomic E-state index is -4.89. The first kappa shape index (κ1) is 17.8. The number of halogens is 6. The van der Waals surface area contributed by atoms with Crippen molar-refractivity contribution in [2.75, 3.05) is 4.90 Å². The summed E-state index contributed by atoms with van der Waals surface area (Å²) >= 11 is 0. The maximum absolute atomic E-state index is 13.7. The van der Waals surface area contributed by atoms with Crippen molar-refractivity contribution in [3.8, 4) is 0 Å². The summed E-state index contributed by atoms with van der Waals surface area (Å²) in [5, 5.41) is 0. The van der Waals surface area contributed by atoms with Crippen LogP contribution < -0.4 is 4.90 Å². The predicted molar refractivity (Wildman–Crippen MR) is 86.0 cm³/mol. The number of alkyl halides is 3. The predicted octanol–water partition coefficient (Wildman–Crippen LogP) is 6.59. The molecule has 0 saturated heterocycles. The van der Waals surface area contributed by atoms with Gasteiger partial charge in [-0.3, -0.25) is 0 Å². The van der Waals surface area contributed by atoms with E-state index in [0.717, 1.165) is 18.2 Å². The number of nitrogens with zero attached hydrogens (tertiary/aromatic N) is 1. The largest absolute Gasteiger partial charge is 0.419 e. The third kappa shape index (κ3) is 3.51. The minimum Gasteiger partial charge on any atom is -0.310 e. The van der Waals surface area contributed by atoms with Crippen LogP contribution in [0.1, 0.15) is 5.56 Å². The summed E-state index contributed by atoms with van der Waals surface area (Å²) < 4.78 is 79.7. The Bertz CT molecular complexity index is 921. The molecular formula is C19H11F6N. The summed E-state index contributed by atoms with van der Waals surface area (Å²) in [5.41, 5.74) is -0.998. The molecule has 0 saturated carbocycles. The minimum absolute atomic E-state index is 0.0454. The first-order chi connectivity index (χ1) is 12.3. The molecule has 134 valence electrons. The topological polar surface area (TPSA) is 3.24 Å². The number of hydrogen-bond acceptors (Lipinski definition) is 1. The van der Waals surface area contributed by atoms with E-state index in [-0.39, 0.29) is 11.4 Å². The van der Waals surface area contributed by atoms with Crippen LogP contribution in [-0.4, -0.2) is 0 Å².